The molecule has 4 aromatic heterocycles. The number of aromatic nitrogens is 8. The van der Waals surface area contributed by atoms with Gasteiger partial charge in [-0.2, -0.15) is 29.2 Å². The van der Waals surface area contributed by atoms with E-state index in [1.165, 1.54) is 17.4 Å². The van der Waals surface area contributed by atoms with Gasteiger partial charge in [0.2, 0.25) is 29.6 Å². The molecule has 23 rings (SSSR count). The average molecular weight is 1880 g/mol. The number of nitrogens with zero attached hydrogens (tertiary/aromatic N) is 21. The van der Waals surface area contributed by atoms with Crippen molar-refractivity contribution in [1.29, 1.82) is 0 Å². The topological polar surface area (TPSA) is 317 Å². The molecule has 12 heterocycles. The molecule has 0 spiro atoms. The van der Waals surface area contributed by atoms with E-state index in [0.717, 1.165) is 166 Å². The van der Waals surface area contributed by atoms with Crippen molar-refractivity contribution in [1.82, 2.24) is 63.6 Å². The number of carbonyl (C=O) groups is 7. The third-order valence-corrected chi connectivity index (χ3v) is 28.2. The zero-order valence-electron chi connectivity index (χ0n) is 79.4. The van der Waals surface area contributed by atoms with E-state index in [1.54, 1.807) is 54.4 Å². The van der Waals surface area contributed by atoms with Gasteiger partial charge in [0, 0.05) is 95.2 Å². The first-order valence-corrected chi connectivity index (χ1v) is 48.0. The van der Waals surface area contributed by atoms with E-state index in [2.05, 4.69) is 61.9 Å². The molecule has 1 unspecified atom stereocenters. The fourth-order valence-electron chi connectivity index (χ4n) is 21.5. The van der Waals surface area contributed by atoms with Gasteiger partial charge in [0.15, 0.2) is 34.8 Å². The molecular formula is C104H112F3N25O7. The van der Waals surface area contributed by atoms with Crippen molar-refractivity contribution in [2.45, 2.75) is 198 Å². The van der Waals surface area contributed by atoms with E-state index < -0.39 is 23.1 Å². The van der Waals surface area contributed by atoms with Gasteiger partial charge in [-0.25, -0.2) is 43.1 Å². The summed E-state index contributed by atoms with van der Waals surface area (Å²) in [4.78, 5) is 127. The molecule has 9 atom stereocenters. The second-order valence-corrected chi connectivity index (χ2v) is 38.3. The van der Waals surface area contributed by atoms with Crippen LogP contribution in [0, 0.1) is 11.7 Å². The number of ketones is 3. The molecule has 716 valence electrons. The highest BCUT2D eigenvalue weighted by Crippen LogP contribution is 2.50. The Bertz CT molecular complexity index is 6740. The number of amides is 4. The first kappa shape index (κ1) is 91.8. The molecule has 0 radical (unpaired) electrons. The summed E-state index contributed by atoms with van der Waals surface area (Å²) in [6, 6.07) is 59.5. The molecular weight excluding hydrogens is 1770 g/mol. The summed E-state index contributed by atoms with van der Waals surface area (Å²) in [6.45, 7) is 8.77. The van der Waals surface area contributed by atoms with Gasteiger partial charge in [-0.1, -0.05) is 134 Å². The van der Waals surface area contributed by atoms with Gasteiger partial charge >= 0.3 is 5.92 Å². The first-order valence-electron chi connectivity index (χ1n) is 48.0. The number of aryl methyl sites for hydroxylation is 4. The number of anilines is 12. The van der Waals surface area contributed by atoms with E-state index >= 15 is 0 Å². The Kier molecular flexibility index (Phi) is 24.8. The Morgan fingerprint density at radius 2 is 0.770 bits per heavy atom. The number of nitrogens with one attached hydrogen (secondary N) is 4. The number of halogens is 3. The van der Waals surface area contributed by atoms with Gasteiger partial charge < -0.3 is 26.2 Å². The molecule has 4 N–H and O–H groups in total. The average Bonchev–Trinajstić information content (AvgIpc) is 1.57. The van der Waals surface area contributed by atoms with Gasteiger partial charge in [0.1, 0.15) is 51.3 Å². The maximum absolute atomic E-state index is 14.8. The number of hydrogen-bond donors (Lipinski definition) is 4. The monoisotopic (exact) mass is 1880 g/mol. The summed E-state index contributed by atoms with van der Waals surface area (Å²) < 4.78 is 49.3. The minimum absolute atomic E-state index is 0.0464. The number of para-hydroxylation sites is 4. The molecule has 4 aliphatic carbocycles. The quantitative estimate of drug-likeness (QED) is 0.0408. The van der Waals surface area contributed by atoms with Crippen LogP contribution in [0.4, 0.5) is 82.5 Å². The van der Waals surface area contributed by atoms with Crippen molar-refractivity contribution in [3.8, 4) is 0 Å². The third-order valence-electron chi connectivity index (χ3n) is 28.2. The van der Waals surface area contributed by atoms with Crippen molar-refractivity contribution >= 4 is 134 Å². The van der Waals surface area contributed by atoms with E-state index in [9.17, 15) is 46.7 Å². The van der Waals surface area contributed by atoms with Crippen LogP contribution in [0.3, 0.4) is 0 Å². The SMILES string of the molecule is CC(=O)c1ccc(CCn2nc(Nc3ccccc3)c3c2N2C(=N[C@@H]4CCC[C@@H]42)N(C)C3=O)cc1.CC(=O)c1ccc(CCn2nc3c(c2Nc2ccccc2)C(=O)N(C)C2=N[C@@H]4CCC[C@@H]4N23)cc1.CC(CN(C)C)Cn1nc(Nc2ccccc2)c2c1N1C(=N[C@@H]3CCC[C@@H]31)N(C)C2=O.CN1C(=O)c2c(Nc3ccccc3)nn(Cc3ccc(C(=O)C(C)(F)F)c(F)c3)c2N2C1=N[C@@H]1CCC[C@@H]12. The molecule has 7 aromatic carbocycles. The number of guanidine groups is 4. The summed E-state index contributed by atoms with van der Waals surface area (Å²) in [5.41, 5.74) is 9.02. The molecule has 11 aromatic rings. The third kappa shape index (κ3) is 17.4. The maximum atomic E-state index is 14.8. The van der Waals surface area contributed by atoms with Crippen LogP contribution < -0.4 is 40.9 Å². The van der Waals surface area contributed by atoms with Crippen LogP contribution in [0.1, 0.15) is 194 Å². The standard InChI is InChI=1S/C27H25F3N6O2.2C27H28N6O2.C23H31N7O/c1-27(29,30)22(37)17-12-11-15(13-18(17)28)14-35-24-21(23(33-35)31-16-7-4-3-5-8-16)25(38)34(2)26-32-19-9-6-10-20(19)36(24)26;1-17(34)19-13-11-18(12-14-19)15-16-32-24(28-20-7-4-3-5-8-20)23-25(30-32)33-22-10-6-9-21(22)29-27(33)31(2)26(23)35;1-17(34)19-13-11-18(12-14-19)15-16-32-25-23(24(30-32)28-20-7-4-3-5-8-20)26(35)31(2)27-29-21-9-6-10-22(21)33(25)27;1-15(13-27(2)3)14-29-21-19(20(26-29)24-16-9-6-5-7-10-16)22(31)28(4)23-25-17-11-8-12-18(17)30(21)23/h3-5,7-8,11-13,19-20H,6,9-10,14H2,1-2H3,(H,31,33);3-5,7-8,11-14,21-22,28H,6,9-10,15-16H2,1-2H3;3-5,7-8,11-14,21-22H,6,9-10,15-16H2,1-2H3,(H,28,30);5-7,9-10,15,17-18H,8,11-14H2,1-4H3,(H,24,26)/t19-,20+;2*21-,22+;15?,17-,18+/m1111/s1. The van der Waals surface area contributed by atoms with Crippen molar-refractivity contribution in [2.24, 2.45) is 25.9 Å². The highest BCUT2D eigenvalue weighted by molar-refractivity contribution is 6.24. The predicted molar refractivity (Wildman–Crippen MR) is 530 cm³/mol. The molecule has 4 amide bonds. The van der Waals surface area contributed by atoms with Crippen LogP contribution in [0.15, 0.2) is 208 Å². The Morgan fingerprint density at radius 3 is 1.16 bits per heavy atom. The number of fused-ring (bicyclic) bond motifs is 20. The lowest BCUT2D eigenvalue weighted by molar-refractivity contribution is 0.0217. The summed E-state index contributed by atoms with van der Waals surface area (Å²) >= 11 is 0. The summed E-state index contributed by atoms with van der Waals surface area (Å²) in [7, 11) is 11.3. The van der Waals surface area contributed by atoms with E-state index in [-0.39, 0.29) is 84.0 Å². The van der Waals surface area contributed by atoms with Crippen LogP contribution in [0.5, 0.6) is 0 Å². The first-order chi connectivity index (χ1) is 67.1. The molecule has 32 nitrogen and oxygen atoms in total. The summed E-state index contributed by atoms with van der Waals surface area (Å²) in [6.07, 6.45) is 14.1. The smallest absolute Gasteiger partial charge is 0.307 e. The second-order valence-electron chi connectivity index (χ2n) is 38.3. The van der Waals surface area contributed by atoms with Crippen LogP contribution in [0.2, 0.25) is 0 Å². The minimum atomic E-state index is -3.68. The van der Waals surface area contributed by atoms with Gasteiger partial charge in [0.05, 0.1) is 60.4 Å². The lowest BCUT2D eigenvalue weighted by atomic mass is 10.0. The molecule has 4 saturated carbocycles. The molecule has 139 heavy (non-hydrogen) atoms. The van der Waals surface area contributed by atoms with Crippen LogP contribution in [0.25, 0.3) is 0 Å². The fraction of sp³-hybridized carbons (Fsp3) is 0.375. The van der Waals surface area contributed by atoms with Crippen LogP contribution in [-0.2, 0) is 39.0 Å². The number of carbonyl (C=O) groups excluding carboxylic acids is 7. The lowest BCUT2D eigenvalue weighted by Gasteiger charge is -2.36. The Labute approximate surface area is 803 Å². The number of Topliss-reactive ketones (excluding diaryl/α,β-unsaturated/α-hetero) is 3. The molecule has 8 aliphatic heterocycles. The minimum Gasteiger partial charge on any atom is -0.340 e. The van der Waals surface area contributed by atoms with Gasteiger partial charge in [-0.3, -0.25) is 72.8 Å². The Balaban J connectivity index is 0.000000114. The summed E-state index contributed by atoms with van der Waals surface area (Å²) in [5.74, 6) is 1.72. The molecule has 4 fully saturated rings. The highest BCUT2D eigenvalue weighted by atomic mass is 19.3. The zero-order chi connectivity index (χ0) is 96.7. The molecule has 12 aliphatic rings. The van der Waals surface area contributed by atoms with Crippen molar-refractivity contribution in [2.75, 3.05) is 89.7 Å². The number of benzene rings is 7. The molecule has 0 bridgehead atoms. The zero-order valence-corrected chi connectivity index (χ0v) is 79.4. The summed E-state index contributed by atoms with van der Waals surface area (Å²) in [5, 5.41) is 33.0. The number of hydrogen-bond acceptors (Lipinski definition) is 24. The predicted octanol–water partition coefficient (Wildman–Crippen LogP) is 16.4. The number of alkyl halides is 2. The number of aliphatic imine (C=N–C) groups is 4. The van der Waals surface area contributed by atoms with E-state index in [0.29, 0.717) is 118 Å². The van der Waals surface area contributed by atoms with Gasteiger partial charge in [0.25, 0.3) is 23.6 Å². The van der Waals surface area contributed by atoms with Gasteiger partial charge in [-0.05, 0) is 201 Å². The fourth-order valence-corrected chi connectivity index (χ4v) is 21.5. The second kappa shape index (κ2) is 37.5. The van der Waals surface area contributed by atoms with Crippen molar-refractivity contribution in [3.63, 3.8) is 0 Å². The Morgan fingerprint density at radius 1 is 0.424 bits per heavy atom. The highest BCUT2D eigenvalue weighted by Gasteiger charge is 2.55. The van der Waals surface area contributed by atoms with Crippen LogP contribution in [-0.4, -0.2) is 232 Å². The van der Waals surface area contributed by atoms with Gasteiger partial charge in [-0.15, -0.1) is 0 Å². The normalized spacial score (nSPS) is 20.9. The largest absolute Gasteiger partial charge is 0.340 e. The number of rotatable bonds is 24. The van der Waals surface area contributed by atoms with E-state index in [4.69, 9.17) is 40.4 Å². The Hall–Kier alpha value is -14.9. The lowest BCUT2D eigenvalue weighted by Crippen LogP contribution is -2.52. The molecule has 0 saturated heterocycles. The van der Waals surface area contributed by atoms with Crippen molar-refractivity contribution in [3.05, 3.63) is 250 Å². The van der Waals surface area contributed by atoms with Crippen molar-refractivity contribution < 1.29 is 46.7 Å². The van der Waals surface area contributed by atoms with Crippen LogP contribution >= 0.6 is 0 Å². The molecule has 35 heteroatoms. The van der Waals surface area contributed by atoms with E-state index in [1.807, 2.05) is 196 Å². The maximum Gasteiger partial charge on any atom is 0.307 e.